The summed E-state index contributed by atoms with van der Waals surface area (Å²) in [5.74, 6) is 0.332. The number of ether oxygens (including phenoxy) is 1. The number of fused-ring (bicyclic) bond motifs is 1. The Hall–Kier alpha value is -2.54. The quantitative estimate of drug-likeness (QED) is 0.881. The van der Waals surface area contributed by atoms with Crippen molar-refractivity contribution in [1.82, 2.24) is 0 Å². The summed E-state index contributed by atoms with van der Waals surface area (Å²) in [6.07, 6.45) is 0. The number of sulfonamides is 1. The Morgan fingerprint density at radius 3 is 2.28 bits per heavy atom. The lowest BCUT2D eigenvalue weighted by molar-refractivity contribution is -0.118. The normalized spacial score (nSPS) is 13.7. The highest BCUT2D eigenvalue weighted by Crippen LogP contribution is 2.42. The van der Waals surface area contributed by atoms with Crippen molar-refractivity contribution in [3.8, 4) is 5.75 Å². The maximum Gasteiger partial charge on any atom is 0.262 e. The van der Waals surface area contributed by atoms with Gasteiger partial charge in [-0.25, -0.2) is 8.42 Å². The molecule has 132 valence electrons. The molecule has 2 aromatic carbocycles. The summed E-state index contributed by atoms with van der Waals surface area (Å²) >= 11 is 0. The van der Waals surface area contributed by atoms with E-state index in [0.717, 1.165) is 16.7 Å². The van der Waals surface area contributed by atoms with E-state index in [9.17, 15) is 13.2 Å². The van der Waals surface area contributed by atoms with E-state index in [2.05, 4.69) is 10.0 Å². The lowest BCUT2D eigenvalue weighted by Crippen LogP contribution is -2.27. The molecule has 0 aromatic heterocycles. The van der Waals surface area contributed by atoms with Crippen molar-refractivity contribution in [1.29, 1.82) is 0 Å². The van der Waals surface area contributed by atoms with E-state index in [1.54, 1.807) is 31.2 Å². The first kappa shape index (κ1) is 17.3. The zero-order chi connectivity index (χ0) is 18.4. The van der Waals surface area contributed by atoms with E-state index in [4.69, 9.17) is 4.74 Å². The second-order valence-corrected chi connectivity index (χ2v) is 7.89. The van der Waals surface area contributed by atoms with Crippen LogP contribution in [0.2, 0.25) is 0 Å². The van der Waals surface area contributed by atoms with Crippen molar-refractivity contribution < 1.29 is 17.9 Å². The number of nitrogens with one attached hydrogen (secondary N) is 2. The van der Waals surface area contributed by atoms with Gasteiger partial charge in [-0.2, -0.15) is 0 Å². The van der Waals surface area contributed by atoms with Crippen molar-refractivity contribution in [2.24, 2.45) is 0 Å². The van der Waals surface area contributed by atoms with Gasteiger partial charge in [0.1, 0.15) is 5.75 Å². The summed E-state index contributed by atoms with van der Waals surface area (Å²) in [4.78, 5) is 11.8. The largest absolute Gasteiger partial charge is 0.481 e. The molecule has 0 fully saturated rings. The third kappa shape index (κ3) is 3.07. The van der Waals surface area contributed by atoms with Crippen LogP contribution in [0.5, 0.6) is 5.75 Å². The molecule has 1 amide bonds. The second-order valence-electron chi connectivity index (χ2n) is 6.21. The fourth-order valence-electron chi connectivity index (χ4n) is 2.83. The predicted molar refractivity (Wildman–Crippen MR) is 96.8 cm³/mol. The predicted octanol–water partition coefficient (Wildman–Crippen LogP) is 3.05. The van der Waals surface area contributed by atoms with E-state index in [-0.39, 0.29) is 17.4 Å². The number of amides is 1. The zero-order valence-electron chi connectivity index (χ0n) is 14.6. The molecule has 3 rings (SSSR count). The molecule has 0 saturated heterocycles. The van der Waals surface area contributed by atoms with Crippen LogP contribution in [0.3, 0.4) is 0 Å². The Kier molecular flexibility index (Phi) is 4.20. The van der Waals surface area contributed by atoms with Crippen LogP contribution in [0.25, 0.3) is 0 Å². The second kappa shape index (κ2) is 6.07. The molecule has 0 bridgehead atoms. The van der Waals surface area contributed by atoms with Gasteiger partial charge in [-0.1, -0.05) is 17.7 Å². The standard InChI is InChI=1S/C18H20N2O4S/c1-10-5-7-14(8-6-10)25(22,23)20-16-11(2)12(3)18-17(13(16)4)19-15(21)9-24-18/h5-8,20H,9H2,1-4H3,(H,19,21). The number of anilines is 2. The molecule has 0 spiro atoms. The summed E-state index contributed by atoms with van der Waals surface area (Å²) in [7, 11) is -3.74. The minimum Gasteiger partial charge on any atom is -0.481 e. The van der Waals surface area contributed by atoms with E-state index < -0.39 is 10.0 Å². The van der Waals surface area contributed by atoms with Gasteiger partial charge in [0.05, 0.1) is 16.3 Å². The Labute approximate surface area is 147 Å². The molecule has 7 heteroatoms. The van der Waals surface area contributed by atoms with E-state index in [0.29, 0.717) is 22.7 Å². The van der Waals surface area contributed by atoms with Crippen LogP contribution < -0.4 is 14.8 Å². The SMILES string of the molecule is Cc1ccc(S(=O)(=O)Nc2c(C)c(C)c3c(c2C)NC(=O)CO3)cc1. The monoisotopic (exact) mass is 360 g/mol. The number of carbonyl (C=O) groups is 1. The van der Waals surface area contributed by atoms with Gasteiger partial charge in [-0.15, -0.1) is 0 Å². The molecule has 1 heterocycles. The van der Waals surface area contributed by atoms with Crippen LogP contribution in [0.15, 0.2) is 29.2 Å². The average molecular weight is 360 g/mol. The van der Waals surface area contributed by atoms with Gasteiger partial charge in [0.15, 0.2) is 6.61 Å². The third-order valence-corrected chi connectivity index (χ3v) is 5.80. The molecule has 25 heavy (non-hydrogen) atoms. The van der Waals surface area contributed by atoms with Crippen LogP contribution in [0, 0.1) is 27.7 Å². The fraction of sp³-hybridized carbons (Fsp3) is 0.278. The van der Waals surface area contributed by atoms with E-state index in [1.807, 2.05) is 20.8 Å². The first-order valence-corrected chi connectivity index (χ1v) is 9.35. The maximum atomic E-state index is 12.7. The zero-order valence-corrected chi connectivity index (χ0v) is 15.4. The van der Waals surface area contributed by atoms with Crippen LogP contribution in [-0.2, 0) is 14.8 Å². The summed E-state index contributed by atoms with van der Waals surface area (Å²) < 4.78 is 33.6. The average Bonchev–Trinajstić information content (AvgIpc) is 2.57. The maximum absolute atomic E-state index is 12.7. The molecule has 2 N–H and O–H groups in total. The van der Waals surface area contributed by atoms with Crippen LogP contribution in [0.1, 0.15) is 22.3 Å². The first-order valence-electron chi connectivity index (χ1n) is 7.86. The number of benzene rings is 2. The molecule has 0 unspecified atom stereocenters. The van der Waals surface area contributed by atoms with Gasteiger partial charge in [-0.3, -0.25) is 9.52 Å². The molecule has 1 aliphatic rings. The Balaban J connectivity index is 2.09. The van der Waals surface area contributed by atoms with Gasteiger partial charge < -0.3 is 10.1 Å². The summed E-state index contributed by atoms with van der Waals surface area (Å²) in [6, 6.07) is 6.64. The lowest BCUT2D eigenvalue weighted by atomic mass is 9.99. The molecule has 6 nitrogen and oxygen atoms in total. The number of hydrogen-bond donors (Lipinski definition) is 2. The number of carbonyl (C=O) groups excluding carboxylic acids is 1. The van der Waals surface area contributed by atoms with Gasteiger partial charge in [0.25, 0.3) is 15.9 Å². The minimum atomic E-state index is -3.74. The summed E-state index contributed by atoms with van der Waals surface area (Å²) in [5, 5.41) is 2.77. The molecule has 2 aromatic rings. The Morgan fingerprint density at radius 1 is 1.00 bits per heavy atom. The highest BCUT2D eigenvalue weighted by Gasteiger charge is 2.26. The van der Waals surface area contributed by atoms with E-state index in [1.165, 1.54) is 0 Å². The number of hydrogen-bond acceptors (Lipinski definition) is 4. The third-order valence-electron chi connectivity index (χ3n) is 4.43. The van der Waals surface area contributed by atoms with Gasteiger partial charge in [-0.05, 0) is 51.0 Å². The fourth-order valence-corrected chi connectivity index (χ4v) is 4.02. The van der Waals surface area contributed by atoms with Crippen LogP contribution in [0.4, 0.5) is 11.4 Å². The van der Waals surface area contributed by atoms with Gasteiger partial charge in [0, 0.05) is 5.56 Å². The molecule has 0 saturated carbocycles. The van der Waals surface area contributed by atoms with Crippen LogP contribution >= 0.6 is 0 Å². The molecular formula is C18H20N2O4S. The van der Waals surface area contributed by atoms with Gasteiger partial charge >= 0.3 is 0 Å². The first-order chi connectivity index (χ1) is 11.7. The topological polar surface area (TPSA) is 84.5 Å². The highest BCUT2D eigenvalue weighted by molar-refractivity contribution is 7.92. The van der Waals surface area contributed by atoms with Crippen molar-refractivity contribution in [3.05, 3.63) is 46.5 Å². The minimum absolute atomic E-state index is 0.0405. The Bertz CT molecular complexity index is 964. The summed E-state index contributed by atoms with van der Waals surface area (Å²) in [6.45, 7) is 7.28. The Morgan fingerprint density at radius 2 is 1.64 bits per heavy atom. The lowest BCUT2D eigenvalue weighted by Gasteiger charge is -2.26. The van der Waals surface area contributed by atoms with Crippen molar-refractivity contribution >= 4 is 27.3 Å². The molecule has 0 aliphatic carbocycles. The molecule has 1 aliphatic heterocycles. The van der Waals surface area contributed by atoms with Crippen molar-refractivity contribution in [3.63, 3.8) is 0 Å². The molecule has 0 radical (unpaired) electrons. The van der Waals surface area contributed by atoms with Crippen molar-refractivity contribution in [2.45, 2.75) is 32.6 Å². The van der Waals surface area contributed by atoms with E-state index >= 15 is 0 Å². The number of aryl methyl sites for hydroxylation is 1. The van der Waals surface area contributed by atoms with Gasteiger partial charge in [0.2, 0.25) is 0 Å². The smallest absolute Gasteiger partial charge is 0.262 e. The van der Waals surface area contributed by atoms with Crippen molar-refractivity contribution in [2.75, 3.05) is 16.6 Å². The molecular weight excluding hydrogens is 340 g/mol. The highest BCUT2D eigenvalue weighted by atomic mass is 32.2. The molecule has 0 atom stereocenters. The van der Waals surface area contributed by atoms with Crippen LogP contribution in [-0.4, -0.2) is 20.9 Å². The number of rotatable bonds is 3. The summed E-state index contributed by atoms with van der Waals surface area (Å²) in [5.41, 5.74) is 4.14.